The number of halogens is 1. The zero-order valence-corrected chi connectivity index (χ0v) is 11.8. The van der Waals surface area contributed by atoms with Crippen molar-refractivity contribution in [1.82, 2.24) is 9.97 Å². The van der Waals surface area contributed by atoms with Crippen molar-refractivity contribution in [2.45, 2.75) is 26.7 Å². The van der Waals surface area contributed by atoms with Crippen molar-refractivity contribution in [3.8, 4) is 6.01 Å². The van der Waals surface area contributed by atoms with Gasteiger partial charge in [0.05, 0.1) is 19.9 Å². The first-order valence-electron chi connectivity index (χ1n) is 6.02. The van der Waals surface area contributed by atoms with Crippen LogP contribution in [0.25, 0.3) is 0 Å². The van der Waals surface area contributed by atoms with Gasteiger partial charge in [0, 0.05) is 12.0 Å². The van der Waals surface area contributed by atoms with Gasteiger partial charge < -0.3 is 15.2 Å². The van der Waals surface area contributed by atoms with Gasteiger partial charge in [0.15, 0.2) is 5.82 Å². The molecule has 0 fully saturated rings. The van der Waals surface area contributed by atoms with E-state index in [9.17, 15) is 5.11 Å². The summed E-state index contributed by atoms with van der Waals surface area (Å²) in [5, 5.41) is 13.1. The number of hydrogen-bond acceptors (Lipinski definition) is 5. The minimum Gasteiger partial charge on any atom is -0.467 e. The molecule has 6 heteroatoms. The minimum atomic E-state index is -0.151. The Kier molecular flexibility index (Phi) is 5.62. The highest BCUT2D eigenvalue weighted by molar-refractivity contribution is 6.32. The molecule has 0 aromatic carbocycles. The number of aliphatic hydroxyl groups excluding tert-OH is 1. The molecule has 0 saturated carbocycles. The predicted octanol–water partition coefficient (Wildman–Crippen LogP) is 2.35. The summed E-state index contributed by atoms with van der Waals surface area (Å²) in [4.78, 5) is 8.05. The van der Waals surface area contributed by atoms with Crippen molar-refractivity contribution in [2.75, 3.05) is 25.6 Å². The molecule has 0 amide bonds. The van der Waals surface area contributed by atoms with Crippen molar-refractivity contribution in [2.24, 2.45) is 5.41 Å². The summed E-state index contributed by atoms with van der Waals surface area (Å²) in [5.74, 6) is 0.531. The maximum atomic E-state index is 9.49. The Labute approximate surface area is 113 Å². The summed E-state index contributed by atoms with van der Waals surface area (Å²) in [5.41, 5.74) is -0.151. The summed E-state index contributed by atoms with van der Waals surface area (Å²) >= 11 is 6.01. The Morgan fingerprint density at radius 3 is 2.61 bits per heavy atom. The molecule has 1 heterocycles. The van der Waals surface area contributed by atoms with Crippen LogP contribution < -0.4 is 10.1 Å². The second-order valence-corrected chi connectivity index (χ2v) is 4.68. The molecule has 0 atom stereocenters. The number of nitrogens with zero attached hydrogens (tertiary/aromatic N) is 2. The fourth-order valence-corrected chi connectivity index (χ4v) is 1.78. The van der Waals surface area contributed by atoms with Gasteiger partial charge >= 0.3 is 6.01 Å². The molecular weight excluding hydrogens is 254 g/mol. The topological polar surface area (TPSA) is 67.3 Å². The molecule has 0 aliphatic rings. The van der Waals surface area contributed by atoms with Crippen LogP contribution in [-0.4, -0.2) is 35.3 Å². The summed E-state index contributed by atoms with van der Waals surface area (Å²) in [6.45, 7) is 4.86. The molecule has 0 aliphatic heterocycles. The van der Waals surface area contributed by atoms with Crippen LogP contribution in [0.5, 0.6) is 6.01 Å². The quantitative estimate of drug-likeness (QED) is 0.798. The summed E-state index contributed by atoms with van der Waals surface area (Å²) in [6, 6.07) is 0.268. The first kappa shape index (κ1) is 15.0. The highest BCUT2D eigenvalue weighted by Gasteiger charge is 2.25. The first-order valence-corrected chi connectivity index (χ1v) is 6.40. The Hall–Kier alpha value is -1.07. The van der Waals surface area contributed by atoms with Gasteiger partial charge in [-0.3, -0.25) is 0 Å². The van der Waals surface area contributed by atoms with Crippen molar-refractivity contribution in [3.05, 3.63) is 11.2 Å². The monoisotopic (exact) mass is 273 g/mol. The van der Waals surface area contributed by atoms with Crippen LogP contribution >= 0.6 is 11.6 Å². The zero-order valence-electron chi connectivity index (χ0n) is 11.0. The standard InChI is InChI=1S/C12H20ClN3O2/c1-4-12(5-2,8-17)7-15-10-9(13)6-14-11(16-10)18-3/h6,17H,4-5,7-8H2,1-3H3,(H,14,15,16). The summed E-state index contributed by atoms with van der Waals surface area (Å²) in [7, 11) is 1.50. The second kappa shape index (κ2) is 6.75. The fourth-order valence-electron chi connectivity index (χ4n) is 1.62. The number of hydrogen-bond donors (Lipinski definition) is 2. The highest BCUT2D eigenvalue weighted by atomic mass is 35.5. The molecule has 1 aromatic heterocycles. The van der Waals surface area contributed by atoms with Gasteiger partial charge in [-0.25, -0.2) is 4.98 Å². The third kappa shape index (κ3) is 3.46. The minimum absolute atomic E-state index is 0.132. The van der Waals surface area contributed by atoms with Crippen molar-refractivity contribution < 1.29 is 9.84 Å². The molecule has 0 unspecified atom stereocenters. The summed E-state index contributed by atoms with van der Waals surface area (Å²) in [6.07, 6.45) is 3.26. The zero-order chi connectivity index (χ0) is 13.6. The van der Waals surface area contributed by atoms with E-state index in [2.05, 4.69) is 29.1 Å². The number of rotatable bonds is 7. The Balaban J connectivity index is 2.78. The summed E-state index contributed by atoms with van der Waals surface area (Å²) < 4.78 is 4.95. The average molecular weight is 274 g/mol. The third-order valence-corrected chi connectivity index (χ3v) is 3.65. The maximum absolute atomic E-state index is 9.49. The Bertz CT molecular complexity index is 375. The third-order valence-electron chi connectivity index (χ3n) is 3.37. The van der Waals surface area contributed by atoms with Crippen LogP contribution in [0, 0.1) is 5.41 Å². The lowest BCUT2D eigenvalue weighted by Gasteiger charge is -2.29. The molecule has 0 spiro atoms. The van der Waals surface area contributed by atoms with E-state index >= 15 is 0 Å². The van der Waals surface area contributed by atoms with E-state index in [0.29, 0.717) is 17.4 Å². The van der Waals surface area contributed by atoms with Gasteiger partial charge in [-0.2, -0.15) is 4.98 Å². The van der Waals surface area contributed by atoms with E-state index in [4.69, 9.17) is 16.3 Å². The molecule has 1 aromatic rings. The lowest BCUT2D eigenvalue weighted by molar-refractivity contribution is 0.127. The lowest BCUT2D eigenvalue weighted by atomic mass is 9.83. The van der Waals surface area contributed by atoms with Crippen LogP contribution in [0.2, 0.25) is 5.02 Å². The smallest absolute Gasteiger partial charge is 0.318 e. The lowest BCUT2D eigenvalue weighted by Crippen LogP contribution is -2.32. The normalized spacial score (nSPS) is 11.4. The molecule has 2 N–H and O–H groups in total. The molecule has 0 bridgehead atoms. The number of anilines is 1. The van der Waals surface area contributed by atoms with Crippen molar-refractivity contribution in [3.63, 3.8) is 0 Å². The molecule has 0 aliphatic carbocycles. The molecular formula is C12H20ClN3O2. The number of aromatic nitrogens is 2. The van der Waals surface area contributed by atoms with Crippen molar-refractivity contribution >= 4 is 17.4 Å². The predicted molar refractivity (Wildman–Crippen MR) is 72.2 cm³/mol. The molecule has 5 nitrogen and oxygen atoms in total. The van der Waals surface area contributed by atoms with Gasteiger partial charge in [0.1, 0.15) is 5.02 Å². The second-order valence-electron chi connectivity index (χ2n) is 4.27. The largest absolute Gasteiger partial charge is 0.467 e. The van der Waals surface area contributed by atoms with Crippen LogP contribution in [0.4, 0.5) is 5.82 Å². The van der Waals surface area contributed by atoms with E-state index < -0.39 is 0 Å². The first-order chi connectivity index (χ1) is 8.60. The van der Waals surface area contributed by atoms with Gasteiger partial charge in [-0.05, 0) is 12.8 Å². The SMILES string of the molecule is CCC(CC)(CO)CNc1nc(OC)ncc1Cl. The molecule has 102 valence electrons. The molecule has 0 saturated heterocycles. The van der Waals surface area contributed by atoms with E-state index in [1.54, 1.807) is 0 Å². The van der Waals surface area contributed by atoms with Crippen LogP contribution in [-0.2, 0) is 0 Å². The molecule has 18 heavy (non-hydrogen) atoms. The molecule has 0 radical (unpaired) electrons. The molecule has 1 rings (SSSR count). The van der Waals surface area contributed by atoms with Gasteiger partial charge in [0.25, 0.3) is 0 Å². The van der Waals surface area contributed by atoms with E-state index in [1.165, 1.54) is 13.3 Å². The fraction of sp³-hybridized carbons (Fsp3) is 0.667. The van der Waals surface area contributed by atoms with E-state index in [-0.39, 0.29) is 18.0 Å². The van der Waals surface area contributed by atoms with Crippen molar-refractivity contribution in [1.29, 1.82) is 0 Å². The van der Waals surface area contributed by atoms with Gasteiger partial charge in [-0.15, -0.1) is 0 Å². The Morgan fingerprint density at radius 2 is 2.11 bits per heavy atom. The van der Waals surface area contributed by atoms with Crippen LogP contribution in [0.1, 0.15) is 26.7 Å². The maximum Gasteiger partial charge on any atom is 0.318 e. The number of ether oxygens (including phenoxy) is 1. The number of nitrogens with one attached hydrogen (secondary N) is 1. The van der Waals surface area contributed by atoms with Crippen LogP contribution in [0.3, 0.4) is 0 Å². The average Bonchev–Trinajstić information content (AvgIpc) is 2.42. The van der Waals surface area contributed by atoms with Gasteiger partial charge in [-0.1, -0.05) is 25.4 Å². The van der Waals surface area contributed by atoms with Crippen LogP contribution in [0.15, 0.2) is 6.20 Å². The Morgan fingerprint density at radius 1 is 1.44 bits per heavy atom. The highest BCUT2D eigenvalue weighted by Crippen LogP contribution is 2.27. The number of aliphatic hydroxyl groups is 1. The van der Waals surface area contributed by atoms with E-state index in [0.717, 1.165) is 12.8 Å². The number of methoxy groups -OCH3 is 1. The van der Waals surface area contributed by atoms with Gasteiger partial charge in [0.2, 0.25) is 0 Å². The van der Waals surface area contributed by atoms with E-state index in [1.807, 2.05) is 0 Å².